The van der Waals surface area contributed by atoms with Crippen molar-refractivity contribution >= 4 is 43.2 Å². The average Bonchev–Trinajstić information content (AvgIpc) is 2.47. The number of halogens is 2. The Morgan fingerprint density at radius 1 is 1.36 bits per heavy atom. The van der Waals surface area contributed by atoms with Gasteiger partial charge >= 0.3 is 0 Å². The first-order chi connectivity index (χ1) is 6.65. The second-order valence-electron chi connectivity index (χ2n) is 3.16. The predicted octanol–water partition coefficient (Wildman–Crippen LogP) is 3.40. The first-order valence-corrected chi connectivity index (χ1v) is 6.95. The maximum absolute atomic E-state index is 6.05. The number of thiophene rings is 1. The van der Waals surface area contributed by atoms with Crippen LogP contribution >= 0.6 is 43.2 Å². The fourth-order valence-corrected chi connectivity index (χ4v) is 3.32. The van der Waals surface area contributed by atoms with Crippen LogP contribution in [0.15, 0.2) is 14.3 Å². The topological polar surface area (TPSA) is 52.0 Å². The van der Waals surface area contributed by atoms with Gasteiger partial charge in [-0.05, 0) is 57.3 Å². The van der Waals surface area contributed by atoms with E-state index in [0.717, 1.165) is 34.1 Å². The first kappa shape index (κ1) is 12.6. The molecular formula is C9H14Br2N2S. The van der Waals surface area contributed by atoms with Gasteiger partial charge in [0, 0.05) is 15.4 Å². The Kier molecular flexibility index (Phi) is 5.62. The van der Waals surface area contributed by atoms with E-state index in [9.17, 15) is 0 Å². The molecule has 1 aromatic rings. The zero-order valence-electron chi connectivity index (χ0n) is 7.80. The van der Waals surface area contributed by atoms with Gasteiger partial charge in [-0.15, -0.1) is 11.3 Å². The quantitative estimate of drug-likeness (QED) is 0.806. The molecule has 0 spiro atoms. The van der Waals surface area contributed by atoms with Gasteiger partial charge < -0.3 is 11.5 Å². The monoisotopic (exact) mass is 340 g/mol. The minimum absolute atomic E-state index is 0.147. The highest BCUT2D eigenvalue weighted by Crippen LogP contribution is 2.35. The lowest BCUT2D eigenvalue weighted by Crippen LogP contribution is -2.09. The molecule has 0 amide bonds. The van der Waals surface area contributed by atoms with Gasteiger partial charge in [0.05, 0.1) is 3.79 Å². The van der Waals surface area contributed by atoms with Crippen LogP contribution in [-0.2, 0) is 0 Å². The van der Waals surface area contributed by atoms with Gasteiger partial charge in [-0.25, -0.2) is 0 Å². The van der Waals surface area contributed by atoms with Crippen molar-refractivity contribution in [1.82, 2.24) is 0 Å². The molecule has 0 radical (unpaired) electrons. The lowest BCUT2D eigenvalue weighted by Gasteiger charge is -2.07. The largest absolute Gasteiger partial charge is 0.330 e. The first-order valence-electron chi connectivity index (χ1n) is 4.55. The molecule has 80 valence electrons. The summed E-state index contributed by atoms with van der Waals surface area (Å²) in [4.78, 5) is 1.22. The van der Waals surface area contributed by atoms with Gasteiger partial charge in [-0.1, -0.05) is 6.42 Å². The molecule has 1 rings (SSSR count). The molecule has 0 fully saturated rings. The highest BCUT2D eigenvalue weighted by Gasteiger charge is 2.11. The summed E-state index contributed by atoms with van der Waals surface area (Å²) in [5.41, 5.74) is 11.5. The van der Waals surface area contributed by atoms with Crippen LogP contribution in [0.25, 0.3) is 0 Å². The standard InChI is InChI=1S/C9H14Br2N2S/c10-6-5-8(14-9(6)11)7(13)3-1-2-4-12/h5,7H,1-4,12-13H2/t7-/m1/s1. The highest BCUT2D eigenvalue weighted by atomic mass is 79.9. The molecule has 0 saturated carbocycles. The van der Waals surface area contributed by atoms with E-state index in [0.29, 0.717) is 0 Å². The molecule has 1 heterocycles. The van der Waals surface area contributed by atoms with Crippen LogP contribution < -0.4 is 11.5 Å². The molecule has 0 unspecified atom stereocenters. The summed E-state index contributed by atoms with van der Waals surface area (Å²) in [5.74, 6) is 0. The zero-order valence-corrected chi connectivity index (χ0v) is 11.8. The van der Waals surface area contributed by atoms with Gasteiger partial charge in [0.25, 0.3) is 0 Å². The lowest BCUT2D eigenvalue weighted by molar-refractivity contribution is 0.598. The summed E-state index contributed by atoms with van der Waals surface area (Å²) in [7, 11) is 0. The molecule has 0 aliphatic heterocycles. The van der Waals surface area contributed by atoms with Crippen molar-refractivity contribution in [2.75, 3.05) is 6.54 Å². The van der Waals surface area contributed by atoms with Crippen LogP contribution in [0.3, 0.4) is 0 Å². The van der Waals surface area contributed by atoms with E-state index >= 15 is 0 Å². The van der Waals surface area contributed by atoms with E-state index in [-0.39, 0.29) is 6.04 Å². The van der Waals surface area contributed by atoms with E-state index < -0.39 is 0 Å². The van der Waals surface area contributed by atoms with Crippen LogP contribution in [0.5, 0.6) is 0 Å². The van der Waals surface area contributed by atoms with Crippen molar-refractivity contribution in [3.8, 4) is 0 Å². The minimum atomic E-state index is 0.147. The van der Waals surface area contributed by atoms with E-state index in [1.807, 2.05) is 0 Å². The van der Waals surface area contributed by atoms with E-state index in [2.05, 4.69) is 37.9 Å². The Hall–Kier alpha value is 0.580. The number of hydrogen-bond donors (Lipinski definition) is 2. The summed E-state index contributed by atoms with van der Waals surface area (Å²) in [6.07, 6.45) is 3.17. The Balaban J connectivity index is 2.47. The maximum atomic E-state index is 6.05. The molecule has 0 aromatic carbocycles. The smallest absolute Gasteiger partial charge is 0.0843 e. The molecule has 0 bridgehead atoms. The van der Waals surface area contributed by atoms with Crippen molar-refractivity contribution in [1.29, 1.82) is 0 Å². The van der Waals surface area contributed by atoms with Gasteiger partial charge in [0.15, 0.2) is 0 Å². The average molecular weight is 342 g/mol. The number of hydrogen-bond acceptors (Lipinski definition) is 3. The molecule has 0 aliphatic rings. The molecule has 5 heteroatoms. The van der Waals surface area contributed by atoms with Crippen LogP contribution in [0.1, 0.15) is 30.2 Å². The van der Waals surface area contributed by atoms with Crippen molar-refractivity contribution in [3.63, 3.8) is 0 Å². The molecular weight excluding hydrogens is 328 g/mol. The van der Waals surface area contributed by atoms with E-state index in [1.165, 1.54) is 4.88 Å². The Labute approximate surface area is 105 Å². The summed E-state index contributed by atoms with van der Waals surface area (Å²) in [5, 5.41) is 0. The normalized spacial score (nSPS) is 13.1. The SMILES string of the molecule is NCCCC[C@@H](N)c1cc(Br)c(Br)s1. The van der Waals surface area contributed by atoms with Gasteiger partial charge in [-0.3, -0.25) is 0 Å². The second-order valence-corrected chi connectivity index (χ2v) is 6.42. The van der Waals surface area contributed by atoms with Crippen LogP contribution in [0.2, 0.25) is 0 Å². The summed E-state index contributed by atoms with van der Waals surface area (Å²) < 4.78 is 2.20. The molecule has 2 nitrogen and oxygen atoms in total. The second kappa shape index (κ2) is 6.23. The van der Waals surface area contributed by atoms with E-state index in [4.69, 9.17) is 11.5 Å². The molecule has 14 heavy (non-hydrogen) atoms. The third-order valence-electron chi connectivity index (χ3n) is 2.00. The zero-order chi connectivity index (χ0) is 10.6. The number of nitrogens with two attached hydrogens (primary N) is 2. The summed E-state index contributed by atoms with van der Waals surface area (Å²) >= 11 is 8.61. The number of unbranched alkanes of at least 4 members (excludes halogenated alkanes) is 1. The van der Waals surface area contributed by atoms with Gasteiger partial charge in [-0.2, -0.15) is 0 Å². The molecule has 0 saturated heterocycles. The minimum Gasteiger partial charge on any atom is -0.330 e. The van der Waals surface area contributed by atoms with Gasteiger partial charge in [0.2, 0.25) is 0 Å². The molecule has 0 aliphatic carbocycles. The van der Waals surface area contributed by atoms with Crippen LogP contribution in [0.4, 0.5) is 0 Å². The fourth-order valence-electron chi connectivity index (χ4n) is 1.20. The Morgan fingerprint density at radius 3 is 2.57 bits per heavy atom. The van der Waals surface area contributed by atoms with Crippen molar-refractivity contribution in [2.45, 2.75) is 25.3 Å². The van der Waals surface area contributed by atoms with E-state index in [1.54, 1.807) is 11.3 Å². The third-order valence-corrected chi connectivity index (χ3v) is 5.39. The molecule has 1 atom stereocenters. The fraction of sp³-hybridized carbons (Fsp3) is 0.556. The predicted molar refractivity (Wildman–Crippen MR) is 69.6 cm³/mol. The van der Waals surface area contributed by atoms with Crippen molar-refractivity contribution < 1.29 is 0 Å². The molecule has 1 aromatic heterocycles. The van der Waals surface area contributed by atoms with Crippen LogP contribution in [0, 0.1) is 0 Å². The highest BCUT2D eigenvalue weighted by molar-refractivity contribution is 9.13. The van der Waals surface area contributed by atoms with Crippen molar-refractivity contribution in [3.05, 3.63) is 19.2 Å². The van der Waals surface area contributed by atoms with Gasteiger partial charge in [0.1, 0.15) is 0 Å². The maximum Gasteiger partial charge on any atom is 0.0843 e. The summed E-state index contributed by atoms with van der Waals surface area (Å²) in [6, 6.07) is 2.23. The third kappa shape index (κ3) is 3.62. The Bertz CT molecular complexity index is 269. The van der Waals surface area contributed by atoms with Crippen LogP contribution in [-0.4, -0.2) is 6.54 Å². The summed E-state index contributed by atoms with van der Waals surface area (Å²) in [6.45, 7) is 0.755. The Morgan fingerprint density at radius 2 is 2.07 bits per heavy atom. The number of rotatable bonds is 5. The van der Waals surface area contributed by atoms with Crippen molar-refractivity contribution in [2.24, 2.45) is 11.5 Å². The lowest BCUT2D eigenvalue weighted by atomic mass is 10.1. The molecule has 4 N–H and O–H groups in total.